The first-order chi connectivity index (χ1) is 6.18. The molecule has 0 saturated carbocycles. The topological polar surface area (TPSA) is 43.1 Å². The summed E-state index contributed by atoms with van der Waals surface area (Å²) in [6.45, 7) is 1.64. The minimum Gasteiger partial charge on any atom is -0.327 e. The van der Waals surface area contributed by atoms with Crippen molar-refractivity contribution in [2.75, 3.05) is 0 Å². The summed E-state index contributed by atoms with van der Waals surface area (Å²) in [7, 11) is 0. The normalized spacial score (nSPS) is 21.2. The van der Waals surface area contributed by atoms with Crippen molar-refractivity contribution in [1.29, 1.82) is 0 Å². The van der Waals surface area contributed by atoms with Crippen LogP contribution in [0.3, 0.4) is 0 Å². The Bertz CT molecular complexity index is 343. The lowest BCUT2D eigenvalue weighted by Gasteiger charge is -2.18. The molecule has 1 atom stereocenters. The number of rotatable bonds is 1. The average Bonchev–Trinajstić information content (AvgIpc) is 2.46. The van der Waals surface area contributed by atoms with E-state index in [9.17, 15) is 4.79 Å². The quantitative estimate of drug-likeness (QED) is 0.694. The van der Waals surface area contributed by atoms with Crippen molar-refractivity contribution in [3.63, 3.8) is 0 Å². The number of Topliss-reactive ketones (excluding diaryl/α,β-unsaturated/α-hetero) is 1. The van der Waals surface area contributed by atoms with Crippen LogP contribution in [-0.4, -0.2) is 11.8 Å². The zero-order valence-electron chi connectivity index (χ0n) is 7.67. The van der Waals surface area contributed by atoms with Crippen LogP contribution in [0.15, 0.2) is 5.38 Å². The van der Waals surface area contributed by atoms with E-state index in [0.717, 1.165) is 24.1 Å². The highest BCUT2D eigenvalue weighted by Crippen LogP contribution is 2.29. The van der Waals surface area contributed by atoms with Crippen molar-refractivity contribution < 1.29 is 4.79 Å². The monoisotopic (exact) mass is 195 g/mol. The molecule has 0 amide bonds. The zero-order chi connectivity index (χ0) is 9.42. The van der Waals surface area contributed by atoms with Gasteiger partial charge in [0.15, 0.2) is 5.78 Å². The van der Waals surface area contributed by atoms with Crippen LogP contribution in [0.2, 0.25) is 0 Å². The van der Waals surface area contributed by atoms with Gasteiger partial charge in [0.05, 0.1) is 4.88 Å². The molecule has 1 aliphatic carbocycles. The number of ketones is 1. The Hall–Kier alpha value is -0.670. The standard InChI is InChI=1S/C10H13NOS/c1-6(12)10-9-3-2-8(11)4-7(9)5-13-10/h5,8H,2-4,11H2,1H3. The third-order valence-corrected chi connectivity index (χ3v) is 3.72. The highest BCUT2D eigenvalue weighted by molar-refractivity contribution is 7.12. The minimum atomic E-state index is 0.196. The van der Waals surface area contributed by atoms with E-state index in [1.807, 2.05) is 0 Å². The Morgan fingerprint density at radius 3 is 3.15 bits per heavy atom. The summed E-state index contributed by atoms with van der Waals surface area (Å²) in [5.74, 6) is 0.196. The molecule has 0 spiro atoms. The number of hydrogen-bond donors (Lipinski definition) is 1. The van der Waals surface area contributed by atoms with Gasteiger partial charge >= 0.3 is 0 Å². The van der Waals surface area contributed by atoms with Crippen molar-refractivity contribution in [2.24, 2.45) is 5.73 Å². The number of nitrogens with two attached hydrogens (primary N) is 1. The molecule has 1 aliphatic rings. The van der Waals surface area contributed by atoms with Crippen LogP contribution in [0, 0.1) is 0 Å². The predicted molar refractivity (Wildman–Crippen MR) is 54.3 cm³/mol. The largest absolute Gasteiger partial charge is 0.327 e. The SMILES string of the molecule is CC(=O)c1scc2c1CCC(N)C2. The fraction of sp³-hybridized carbons (Fsp3) is 0.500. The number of carbonyl (C=O) groups is 1. The molecule has 0 fully saturated rings. The van der Waals surface area contributed by atoms with E-state index in [1.165, 1.54) is 11.1 Å². The van der Waals surface area contributed by atoms with E-state index in [2.05, 4.69) is 5.38 Å². The summed E-state index contributed by atoms with van der Waals surface area (Å²) in [4.78, 5) is 12.2. The molecule has 0 aromatic carbocycles. The van der Waals surface area contributed by atoms with E-state index >= 15 is 0 Å². The van der Waals surface area contributed by atoms with Gasteiger partial charge in [-0.3, -0.25) is 4.79 Å². The molecule has 2 N–H and O–H groups in total. The van der Waals surface area contributed by atoms with Crippen LogP contribution >= 0.6 is 11.3 Å². The predicted octanol–water partition coefficient (Wildman–Crippen LogP) is 1.77. The first kappa shape index (κ1) is 8.91. The van der Waals surface area contributed by atoms with Crippen LogP contribution < -0.4 is 5.73 Å². The first-order valence-corrected chi connectivity index (χ1v) is 5.42. The molecule has 2 nitrogen and oxygen atoms in total. The Morgan fingerprint density at radius 2 is 2.46 bits per heavy atom. The van der Waals surface area contributed by atoms with Gasteiger partial charge in [-0.1, -0.05) is 0 Å². The van der Waals surface area contributed by atoms with Gasteiger partial charge in [-0.25, -0.2) is 0 Å². The molecule has 0 saturated heterocycles. The molecule has 1 unspecified atom stereocenters. The van der Waals surface area contributed by atoms with Crippen molar-refractivity contribution in [3.05, 3.63) is 21.4 Å². The van der Waals surface area contributed by atoms with Crippen LogP contribution in [0.4, 0.5) is 0 Å². The van der Waals surface area contributed by atoms with Crippen LogP contribution in [0.5, 0.6) is 0 Å². The Labute approximate surface area is 81.8 Å². The second-order valence-corrected chi connectivity index (χ2v) is 4.51. The van der Waals surface area contributed by atoms with Crippen LogP contribution in [0.25, 0.3) is 0 Å². The lowest BCUT2D eigenvalue weighted by Crippen LogP contribution is -2.27. The van der Waals surface area contributed by atoms with E-state index in [0.29, 0.717) is 6.04 Å². The lowest BCUT2D eigenvalue weighted by molar-refractivity contribution is 0.102. The molecular weight excluding hydrogens is 182 g/mol. The maximum Gasteiger partial charge on any atom is 0.169 e. The zero-order valence-corrected chi connectivity index (χ0v) is 8.49. The molecule has 3 heteroatoms. The number of fused-ring (bicyclic) bond motifs is 1. The molecule has 0 bridgehead atoms. The molecule has 2 rings (SSSR count). The minimum absolute atomic E-state index is 0.196. The van der Waals surface area contributed by atoms with Gasteiger partial charge < -0.3 is 5.73 Å². The summed E-state index contributed by atoms with van der Waals surface area (Å²) in [5, 5.41) is 2.09. The van der Waals surface area contributed by atoms with Gasteiger partial charge in [-0.15, -0.1) is 11.3 Å². The molecular formula is C10H13NOS. The average molecular weight is 195 g/mol. The Kier molecular flexibility index (Phi) is 2.22. The smallest absolute Gasteiger partial charge is 0.169 e. The van der Waals surface area contributed by atoms with Crippen LogP contribution in [0.1, 0.15) is 34.1 Å². The fourth-order valence-corrected chi connectivity index (χ4v) is 2.91. The highest BCUT2D eigenvalue weighted by atomic mass is 32.1. The van der Waals surface area contributed by atoms with Gasteiger partial charge in [-0.2, -0.15) is 0 Å². The number of carbonyl (C=O) groups excluding carboxylic acids is 1. The lowest BCUT2D eigenvalue weighted by atomic mass is 9.90. The third-order valence-electron chi connectivity index (χ3n) is 2.55. The summed E-state index contributed by atoms with van der Waals surface area (Å²) >= 11 is 1.57. The second-order valence-electron chi connectivity index (χ2n) is 3.63. The number of thiophene rings is 1. The molecule has 1 aromatic rings. The molecule has 1 heterocycles. The van der Waals surface area contributed by atoms with E-state index in [1.54, 1.807) is 18.3 Å². The van der Waals surface area contributed by atoms with Gasteiger partial charge in [0.2, 0.25) is 0 Å². The van der Waals surface area contributed by atoms with Gasteiger partial charge in [0, 0.05) is 6.04 Å². The Balaban J connectivity index is 2.39. The molecule has 1 aromatic heterocycles. The van der Waals surface area contributed by atoms with Gasteiger partial charge in [-0.05, 0) is 42.7 Å². The second kappa shape index (κ2) is 3.24. The van der Waals surface area contributed by atoms with Crippen molar-refractivity contribution >= 4 is 17.1 Å². The summed E-state index contributed by atoms with van der Waals surface area (Å²) in [6.07, 6.45) is 2.94. The van der Waals surface area contributed by atoms with Crippen molar-refractivity contribution in [1.82, 2.24) is 0 Å². The Morgan fingerprint density at radius 1 is 1.69 bits per heavy atom. The molecule has 70 valence electrons. The van der Waals surface area contributed by atoms with Crippen molar-refractivity contribution in [3.8, 4) is 0 Å². The third kappa shape index (κ3) is 1.54. The summed E-state index contributed by atoms with van der Waals surface area (Å²) in [5.41, 5.74) is 8.42. The highest BCUT2D eigenvalue weighted by Gasteiger charge is 2.21. The van der Waals surface area contributed by atoms with Gasteiger partial charge in [0.25, 0.3) is 0 Å². The van der Waals surface area contributed by atoms with Crippen molar-refractivity contribution in [2.45, 2.75) is 32.2 Å². The maximum absolute atomic E-state index is 11.2. The van der Waals surface area contributed by atoms with E-state index in [-0.39, 0.29) is 5.78 Å². The van der Waals surface area contributed by atoms with Gasteiger partial charge in [0.1, 0.15) is 0 Å². The fourth-order valence-electron chi connectivity index (χ4n) is 1.87. The number of hydrogen-bond acceptors (Lipinski definition) is 3. The van der Waals surface area contributed by atoms with Crippen LogP contribution in [-0.2, 0) is 12.8 Å². The van der Waals surface area contributed by atoms with E-state index < -0.39 is 0 Å². The summed E-state index contributed by atoms with van der Waals surface area (Å²) < 4.78 is 0. The maximum atomic E-state index is 11.2. The molecule has 0 radical (unpaired) electrons. The molecule has 13 heavy (non-hydrogen) atoms. The summed E-state index contributed by atoms with van der Waals surface area (Å²) in [6, 6.07) is 0.293. The van der Waals surface area contributed by atoms with E-state index in [4.69, 9.17) is 5.73 Å². The molecule has 0 aliphatic heterocycles. The first-order valence-electron chi connectivity index (χ1n) is 4.54.